The summed E-state index contributed by atoms with van der Waals surface area (Å²) >= 11 is 9.48. The van der Waals surface area contributed by atoms with E-state index in [9.17, 15) is 0 Å². The third kappa shape index (κ3) is 1.45. The zero-order chi connectivity index (χ0) is 9.42. The Hall–Kier alpha value is -0.600. The van der Waals surface area contributed by atoms with Crippen LogP contribution in [-0.4, -0.2) is 4.98 Å². The van der Waals surface area contributed by atoms with Gasteiger partial charge in [0.05, 0.1) is 0 Å². The van der Waals surface area contributed by atoms with Crippen LogP contribution < -0.4 is 0 Å². The van der Waals surface area contributed by atoms with Crippen LogP contribution in [0.25, 0.3) is 10.8 Å². The molecule has 1 heterocycles. The van der Waals surface area contributed by atoms with Crippen LogP contribution in [0.5, 0.6) is 0 Å². The first-order valence-corrected chi connectivity index (χ1v) is 5.06. The predicted octanol–water partition coefficient (Wildman–Crippen LogP) is 3.96. The molecule has 2 aromatic rings. The molecule has 0 saturated carbocycles. The van der Waals surface area contributed by atoms with Gasteiger partial charge in [-0.15, -0.1) is 0 Å². The molecule has 0 atom stereocenters. The van der Waals surface area contributed by atoms with Crippen LogP contribution in [0.2, 0.25) is 5.15 Å². The van der Waals surface area contributed by atoms with Crippen molar-refractivity contribution in [1.82, 2.24) is 4.98 Å². The summed E-state index contributed by atoms with van der Waals surface area (Å²) in [5, 5.41) is 2.65. The molecule has 0 radical (unpaired) electrons. The molecular weight excluding hydrogens is 249 g/mol. The second-order valence-electron chi connectivity index (χ2n) is 2.89. The number of hydrogen-bond donors (Lipinski definition) is 0. The SMILES string of the molecule is Cc1ccc2c(Cl)nccc2c1Br. The molecule has 2 rings (SSSR count). The molecule has 0 bridgehead atoms. The van der Waals surface area contributed by atoms with Crippen LogP contribution in [0.1, 0.15) is 5.56 Å². The van der Waals surface area contributed by atoms with E-state index < -0.39 is 0 Å². The lowest BCUT2D eigenvalue weighted by molar-refractivity contribution is 1.35. The lowest BCUT2D eigenvalue weighted by Crippen LogP contribution is -1.82. The molecule has 13 heavy (non-hydrogen) atoms. The van der Waals surface area contributed by atoms with Gasteiger partial charge in [0, 0.05) is 21.4 Å². The molecule has 0 fully saturated rings. The van der Waals surface area contributed by atoms with Crippen LogP contribution in [0, 0.1) is 6.92 Å². The van der Waals surface area contributed by atoms with E-state index in [1.54, 1.807) is 6.20 Å². The Morgan fingerprint density at radius 3 is 2.77 bits per heavy atom. The van der Waals surface area contributed by atoms with Gasteiger partial charge in [-0.05, 0) is 34.5 Å². The summed E-state index contributed by atoms with van der Waals surface area (Å²) < 4.78 is 1.09. The van der Waals surface area contributed by atoms with E-state index in [0.29, 0.717) is 5.15 Å². The maximum atomic E-state index is 5.95. The number of benzene rings is 1. The van der Waals surface area contributed by atoms with Crippen molar-refractivity contribution in [2.24, 2.45) is 0 Å². The fraction of sp³-hybridized carbons (Fsp3) is 0.100. The summed E-state index contributed by atoms with van der Waals surface area (Å²) in [5.41, 5.74) is 1.20. The first-order chi connectivity index (χ1) is 6.20. The molecule has 0 N–H and O–H groups in total. The molecule has 1 nitrogen and oxygen atoms in total. The van der Waals surface area contributed by atoms with Crippen LogP contribution in [0.3, 0.4) is 0 Å². The van der Waals surface area contributed by atoms with Crippen molar-refractivity contribution in [3.05, 3.63) is 39.6 Å². The van der Waals surface area contributed by atoms with Crippen molar-refractivity contribution in [3.8, 4) is 0 Å². The zero-order valence-corrected chi connectivity index (χ0v) is 9.35. The van der Waals surface area contributed by atoms with Gasteiger partial charge in [0.15, 0.2) is 0 Å². The molecule has 0 aliphatic heterocycles. The highest BCUT2D eigenvalue weighted by molar-refractivity contribution is 9.10. The van der Waals surface area contributed by atoms with Crippen molar-refractivity contribution in [2.45, 2.75) is 6.92 Å². The maximum absolute atomic E-state index is 5.95. The molecule has 0 saturated heterocycles. The molecule has 3 heteroatoms. The fourth-order valence-corrected chi connectivity index (χ4v) is 1.99. The molecule has 0 aliphatic rings. The topological polar surface area (TPSA) is 12.9 Å². The highest BCUT2D eigenvalue weighted by atomic mass is 79.9. The second kappa shape index (κ2) is 3.28. The molecule has 1 aromatic carbocycles. The van der Waals surface area contributed by atoms with Gasteiger partial charge in [-0.1, -0.05) is 23.7 Å². The first kappa shape index (κ1) is 8.97. The van der Waals surface area contributed by atoms with Gasteiger partial charge in [0.1, 0.15) is 5.15 Å². The quantitative estimate of drug-likeness (QED) is 0.650. The molecular formula is C10H7BrClN. The third-order valence-electron chi connectivity index (χ3n) is 2.02. The Bertz CT molecular complexity index is 468. The van der Waals surface area contributed by atoms with Crippen molar-refractivity contribution >= 4 is 38.3 Å². The molecule has 0 aliphatic carbocycles. The minimum absolute atomic E-state index is 0.554. The Morgan fingerprint density at radius 2 is 2.00 bits per heavy atom. The summed E-state index contributed by atoms with van der Waals surface area (Å²) in [5.74, 6) is 0. The van der Waals surface area contributed by atoms with E-state index in [1.807, 2.05) is 18.2 Å². The first-order valence-electron chi connectivity index (χ1n) is 3.89. The van der Waals surface area contributed by atoms with Gasteiger partial charge in [-0.2, -0.15) is 0 Å². The van der Waals surface area contributed by atoms with Gasteiger partial charge in [0.2, 0.25) is 0 Å². The molecule has 0 unspecified atom stereocenters. The Balaban J connectivity index is 2.94. The number of aromatic nitrogens is 1. The highest BCUT2D eigenvalue weighted by Crippen LogP contribution is 2.29. The van der Waals surface area contributed by atoms with Crippen LogP contribution in [-0.2, 0) is 0 Å². The standard InChI is InChI=1S/C10H7BrClN/c1-6-2-3-8-7(9(6)11)4-5-13-10(8)12/h2-5H,1H3. The lowest BCUT2D eigenvalue weighted by atomic mass is 10.1. The molecule has 0 amide bonds. The summed E-state index contributed by atoms with van der Waals surface area (Å²) in [6.07, 6.45) is 1.72. The van der Waals surface area contributed by atoms with Crippen molar-refractivity contribution in [3.63, 3.8) is 0 Å². The Kier molecular flexibility index (Phi) is 2.26. The number of fused-ring (bicyclic) bond motifs is 1. The fourth-order valence-electron chi connectivity index (χ4n) is 1.29. The van der Waals surface area contributed by atoms with Crippen molar-refractivity contribution in [1.29, 1.82) is 0 Å². The third-order valence-corrected chi connectivity index (χ3v) is 3.38. The minimum atomic E-state index is 0.554. The second-order valence-corrected chi connectivity index (χ2v) is 4.04. The van der Waals surface area contributed by atoms with E-state index in [2.05, 4.69) is 27.8 Å². The number of halogens is 2. The van der Waals surface area contributed by atoms with E-state index in [4.69, 9.17) is 11.6 Å². The van der Waals surface area contributed by atoms with Gasteiger partial charge >= 0.3 is 0 Å². The summed E-state index contributed by atoms with van der Waals surface area (Å²) in [6, 6.07) is 5.98. The van der Waals surface area contributed by atoms with E-state index in [-0.39, 0.29) is 0 Å². The van der Waals surface area contributed by atoms with Gasteiger partial charge in [0.25, 0.3) is 0 Å². The number of aryl methyl sites for hydroxylation is 1. The lowest BCUT2D eigenvalue weighted by Gasteiger charge is -2.04. The highest BCUT2D eigenvalue weighted by Gasteiger charge is 2.04. The summed E-state index contributed by atoms with van der Waals surface area (Å²) in [6.45, 7) is 2.05. The monoisotopic (exact) mass is 255 g/mol. The number of rotatable bonds is 0. The van der Waals surface area contributed by atoms with E-state index in [0.717, 1.165) is 15.2 Å². The van der Waals surface area contributed by atoms with E-state index >= 15 is 0 Å². The Labute approximate surface area is 89.9 Å². The summed E-state index contributed by atoms with van der Waals surface area (Å²) in [7, 11) is 0. The molecule has 0 spiro atoms. The predicted molar refractivity (Wildman–Crippen MR) is 59.2 cm³/mol. The van der Waals surface area contributed by atoms with Gasteiger partial charge < -0.3 is 0 Å². The maximum Gasteiger partial charge on any atom is 0.136 e. The number of pyridine rings is 1. The van der Waals surface area contributed by atoms with Gasteiger partial charge in [-0.3, -0.25) is 0 Å². The average Bonchev–Trinajstić information content (AvgIpc) is 2.12. The van der Waals surface area contributed by atoms with Crippen LogP contribution in [0.15, 0.2) is 28.9 Å². The average molecular weight is 257 g/mol. The number of nitrogens with zero attached hydrogens (tertiary/aromatic N) is 1. The molecule has 66 valence electrons. The minimum Gasteiger partial charge on any atom is -0.244 e. The summed E-state index contributed by atoms with van der Waals surface area (Å²) in [4.78, 5) is 4.02. The van der Waals surface area contributed by atoms with Crippen molar-refractivity contribution in [2.75, 3.05) is 0 Å². The zero-order valence-electron chi connectivity index (χ0n) is 7.01. The smallest absolute Gasteiger partial charge is 0.136 e. The largest absolute Gasteiger partial charge is 0.244 e. The number of hydrogen-bond acceptors (Lipinski definition) is 1. The van der Waals surface area contributed by atoms with Crippen LogP contribution in [0.4, 0.5) is 0 Å². The molecule has 1 aromatic heterocycles. The van der Waals surface area contributed by atoms with Crippen molar-refractivity contribution < 1.29 is 0 Å². The van der Waals surface area contributed by atoms with Gasteiger partial charge in [-0.25, -0.2) is 4.98 Å². The Morgan fingerprint density at radius 1 is 1.23 bits per heavy atom. The normalized spacial score (nSPS) is 10.7. The van der Waals surface area contributed by atoms with E-state index in [1.165, 1.54) is 5.56 Å². The van der Waals surface area contributed by atoms with Crippen LogP contribution >= 0.6 is 27.5 Å².